The van der Waals surface area contributed by atoms with Crippen LogP contribution in [0.4, 0.5) is 5.69 Å². The van der Waals surface area contributed by atoms with Crippen molar-refractivity contribution in [3.63, 3.8) is 0 Å². The number of likely N-dealkylation sites (tertiary alicyclic amines) is 1. The lowest BCUT2D eigenvalue weighted by Crippen LogP contribution is -2.57. The van der Waals surface area contributed by atoms with Gasteiger partial charge in [0, 0.05) is 17.8 Å². The van der Waals surface area contributed by atoms with Crippen LogP contribution in [0.5, 0.6) is 0 Å². The highest BCUT2D eigenvalue weighted by molar-refractivity contribution is 6.03. The van der Waals surface area contributed by atoms with Gasteiger partial charge in [0.15, 0.2) is 0 Å². The van der Waals surface area contributed by atoms with Crippen LogP contribution < -0.4 is 10.6 Å². The highest BCUT2D eigenvalue weighted by atomic mass is 16.5. The van der Waals surface area contributed by atoms with E-state index in [1.54, 1.807) is 4.90 Å². The Morgan fingerprint density at radius 1 is 1.03 bits per heavy atom. The quantitative estimate of drug-likeness (QED) is 0.614. The molecule has 3 aliphatic heterocycles. The third-order valence-electron chi connectivity index (χ3n) is 8.60. The number of benzene rings is 1. The van der Waals surface area contributed by atoms with Crippen molar-refractivity contribution in [2.45, 2.75) is 94.5 Å². The van der Waals surface area contributed by atoms with Gasteiger partial charge < -0.3 is 20.3 Å². The maximum absolute atomic E-state index is 13.8. The Morgan fingerprint density at radius 2 is 1.74 bits per heavy atom. The highest BCUT2D eigenvalue weighted by Gasteiger charge is 2.74. The third-order valence-corrected chi connectivity index (χ3v) is 8.60. The van der Waals surface area contributed by atoms with Crippen LogP contribution in [0.2, 0.25) is 0 Å². The Balaban J connectivity index is 1.26. The number of hydrogen-bond donors (Lipinski definition) is 2. The van der Waals surface area contributed by atoms with Crippen LogP contribution in [0.15, 0.2) is 36.4 Å². The zero-order chi connectivity index (χ0) is 24.3. The molecule has 5 atom stereocenters. The lowest BCUT2D eigenvalue weighted by molar-refractivity contribution is -0.142. The molecule has 6 rings (SSSR count). The van der Waals surface area contributed by atoms with Crippen molar-refractivity contribution >= 4 is 23.4 Å². The fraction of sp³-hybridized carbons (Fsp3) is 0.607. The van der Waals surface area contributed by atoms with Crippen LogP contribution in [0, 0.1) is 11.8 Å². The smallest absolute Gasteiger partial charge is 0.246 e. The van der Waals surface area contributed by atoms with Gasteiger partial charge in [0.25, 0.3) is 0 Å². The van der Waals surface area contributed by atoms with Crippen molar-refractivity contribution in [1.29, 1.82) is 0 Å². The molecule has 2 aliphatic carbocycles. The van der Waals surface area contributed by atoms with Crippen molar-refractivity contribution in [1.82, 2.24) is 10.2 Å². The number of anilines is 1. The summed E-state index contributed by atoms with van der Waals surface area (Å²) in [4.78, 5) is 42.7. The Hall–Kier alpha value is -2.67. The number of hydrogen-bond acceptors (Lipinski definition) is 4. The van der Waals surface area contributed by atoms with E-state index in [2.05, 4.69) is 24.5 Å². The van der Waals surface area contributed by atoms with E-state index in [4.69, 9.17) is 4.74 Å². The molecule has 186 valence electrons. The summed E-state index contributed by atoms with van der Waals surface area (Å²) in [5, 5.41) is 6.25. The highest BCUT2D eigenvalue weighted by Crippen LogP contribution is 2.57. The van der Waals surface area contributed by atoms with Crippen LogP contribution in [-0.4, -0.2) is 52.5 Å². The first-order chi connectivity index (χ1) is 16.9. The van der Waals surface area contributed by atoms with Crippen LogP contribution in [0.25, 0.3) is 0 Å². The van der Waals surface area contributed by atoms with Gasteiger partial charge >= 0.3 is 0 Å². The predicted octanol–water partition coefficient (Wildman–Crippen LogP) is 3.51. The minimum absolute atomic E-state index is 0.0629. The average molecular weight is 478 g/mol. The van der Waals surface area contributed by atoms with Gasteiger partial charge in [0.05, 0.1) is 17.9 Å². The van der Waals surface area contributed by atoms with E-state index in [9.17, 15) is 14.4 Å². The minimum Gasteiger partial charge on any atom is -0.359 e. The van der Waals surface area contributed by atoms with Crippen LogP contribution in [-0.2, 0) is 19.1 Å². The van der Waals surface area contributed by atoms with Gasteiger partial charge in [0.2, 0.25) is 17.7 Å². The van der Waals surface area contributed by atoms with Gasteiger partial charge in [-0.05, 0) is 49.3 Å². The lowest BCUT2D eigenvalue weighted by atomic mass is 9.74. The fourth-order valence-electron chi connectivity index (χ4n) is 6.66. The van der Waals surface area contributed by atoms with Crippen molar-refractivity contribution in [3.05, 3.63) is 42.0 Å². The molecule has 2 bridgehead atoms. The average Bonchev–Trinajstić information content (AvgIpc) is 3.44. The fourth-order valence-corrected chi connectivity index (χ4v) is 6.66. The van der Waals surface area contributed by atoms with Gasteiger partial charge in [0.1, 0.15) is 11.6 Å². The number of nitrogens with one attached hydrogen (secondary N) is 2. The van der Waals surface area contributed by atoms with E-state index in [-0.39, 0.29) is 29.8 Å². The summed E-state index contributed by atoms with van der Waals surface area (Å²) in [6, 6.07) is 7.34. The van der Waals surface area contributed by atoms with Crippen molar-refractivity contribution in [3.8, 4) is 0 Å². The standard InChI is InChI=1S/C28H35N3O4/c1-16(2)17-8-10-19(11-9-17)29-25(32)22-21-14-15-28(35-21)23(22)27(34)31(20-12-13-20)24(28)26(33)30-18-6-4-3-5-7-18/h8-11,14-16,18,20-24H,3-7,12-13H2,1-2H3,(H,29,32)(H,30,33). The van der Waals surface area contributed by atoms with Gasteiger partial charge in [-0.25, -0.2) is 0 Å². The van der Waals surface area contributed by atoms with Crippen LogP contribution in [0.1, 0.15) is 70.3 Å². The molecular formula is C28H35N3O4. The molecule has 1 spiro atoms. The summed E-state index contributed by atoms with van der Waals surface area (Å²) in [7, 11) is 0. The molecule has 35 heavy (non-hydrogen) atoms. The molecule has 3 amide bonds. The Kier molecular flexibility index (Phi) is 5.51. The molecule has 5 unspecified atom stereocenters. The minimum atomic E-state index is -1.06. The Bertz CT molecular complexity index is 1060. The monoisotopic (exact) mass is 477 g/mol. The molecule has 1 aromatic carbocycles. The summed E-state index contributed by atoms with van der Waals surface area (Å²) >= 11 is 0. The van der Waals surface area contributed by atoms with Crippen molar-refractivity contribution < 1.29 is 19.1 Å². The van der Waals surface area contributed by atoms with Crippen LogP contribution >= 0.6 is 0 Å². The van der Waals surface area contributed by atoms with Crippen molar-refractivity contribution in [2.24, 2.45) is 11.8 Å². The second-order valence-corrected chi connectivity index (χ2v) is 11.3. The SMILES string of the molecule is CC(C)c1ccc(NC(=O)C2C3C=CC4(O3)C2C(=O)N(C2CC2)C4C(=O)NC2CCCCC2)cc1. The summed E-state index contributed by atoms with van der Waals surface area (Å²) in [5.41, 5.74) is 0.842. The van der Waals surface area contributed by atoms with Gasteiger partial charge in [-0.1, -0.05) is 57.4 Å². The largest absolute Gasteiger partial charge is 0.359 e. The van der Waals surface area contributed by atoms with E-state index in [0.717, 1.165) is 38.5 Å². The molecule has 7 nitrogen and oxygen atoms in total. The second kappa shape index (κ2) is 8.47. The van der Waals surface area contributed by atoms with Crippen molar-refractivity contribution in [2.75, 3.05) is 5.32 Å². The summed E-state index contributed by atoms with van der Waals surface area (Å²) in [6.45, 7) is 4.26. The van der Waals surface area contributed by atoms with E-state index in [1.165, 1.54) is 12.0 Å². The molecule has 3 heterocycles. The van der Waals surface area contributed by atoms with Gasteiger partial charge in [-0.3, -0.25) is 14.4 Å². The molecule has 7 heteroatoms. The molecular weight excluding hydrogens is 442 g/mol. The predicted molar refractivity (Wildman–Crippen MR) is 132 cm³/mol. The topological polar surface area (TPSA) is 87.7 Å². The summed E-state index contributed by atoms with van der Waals surface area (Å²) in [6.07, 6.45) is 10.5. The molecule has 2 saturated heterocycles. The van der Waals surface area contributed by atoms with Crippen LogP contribution in [0.3, 0.4) is 0 Å². The van der Waals surface area contributed by atoms with E-state index >= 15 is 0 Å². The molecule has 0 aromatic heterocycles. The number of rotatable bonds is 6. The second-order valence-electron chi connectivity index (χ2n) is 11.3. The normalized spacial score (nSPS) is 33.9. The first-order valence-corrected chi connectivity index (χ1v) is 13.3. The number of amides is 3. The zero-order valence-corrected chi connectivity index (χ0v) is 20.5. The number of carbonyl (C=O) groups is 3. The maximum atomic E-state index is 13.8. The van der Waals surface area contributed by atoms with E-state index < -0.39 is 29.6 Å². The maximum Gasteiger partial charge on any atom is 0.246 e. The molecule has 5 aliphatic rings. The summed E-state index contributed by atoms with van der Waals surface area (Å²) < 4.78 is 6.41. The molecule has 2 N–H and O–H groups in total. The summed E-state index contributed by atoms with van der Waals surface area (Å²) in [5.74, 6) is -1.37. The molecule has 1 aromatic rings. The number of nitrogens with zero attached hydrogens (tertiary/aromatic N) is 1. The van der Waals surface area contributed by atoms with Gasteiger partial charge in [-0.2, -0.15) is 0 Å². The first-order valence-electron chi connectivity index (χ1n) is 13.3. The third kappa shape index (κ3) is 3.70. The van der Waals surface area contributed by atoms with Gasteiger partial charge in [-0.15, -0.1) is 0 Å². The molecule has 4 fully saturated rings. The number of carbonyl (C=O) groups excluding carboxylic acids is 3. The number of ether oxygens (including phenoxy) is 1. The van der Waals surface area contributed by atoms with E-state index in [0.29, 0.717) is 11.6 Å². The zero-order valence-electron chi connectivity index (χ0n) is 20.5. The van der Waals surface area contributed by atoms with E-state index in [1.807, 2.05) is 36.4 Å². The Morgan fingerprint density at radius 3 is 2.40 bits per heavy atom. The molecule has 0 radical (unpaired) electrons. The lowest BCUT2D eigenvalue weighted by Gasteiger charge is -2.34. The molecule has 2 saturated carbocycles. The first kappa shape index (κ1) is 22.8. The number of fused-ring (bicyclic) bond motifs is 1. The Labute approximate surface area is 206 Å².